The number of fused-ring (bicyclic) bond motifs is 2. The van der Waals surface area contributed by atoms with E-state index in [1.54, 1.807) is 0 Å². The summed E-state index contributed by atoms with van der Waals surface area (Å²) in [5.74, 6) is 1.58. The van der Waals surface area contributed by atoms with Gasteiger partial charge < -0.3 is 10.2 Å². The molecule has 1 aliphatic heterocycles. The van der Waals surface area contributed by atoms with Crippen LogP contribution in [0.3, 0.4) is 0 Å². The molecule has 34 heavy (non-hydrogen) atoms. The van der Waals surface area contributed by atoms with Crippen molar-refractivity contribution in [1.82, 2.24) is 10.3 Å². The van der Waals surface area contributed by atoms with Gasteiger partial charge in [-0.1, -0.05) is 78.9 Å². The Morgan fingerprint density at radius 1 is 0.912 bits per heavy atom. The number of nitrogens with zero attached hydrogens (tertiary/aromatic N) is 3. The molecule has 1 N–H and O–H groups in total. The Hall–Kier alpha value is -4.03. The summed E-state index contributed by atoms with van der Waals surface area (Å²) in [6.07, 6.45) is 0. The predicted octanol–water partition coefficient (Wildman–Crippen LogP) is 6.45. The van der Waals surface area contributed by atoms with Gasteiger partial charge in [0.15, 0.2) is 0 Å². The second kappa shape index (κ2) is 8.39. The summed E-state index contributed by atoms with van der Waals surface area (Å²) in [4.78, 5) is 26.1. The fourth-order valence-electron chi connectivity index (χ4n) is 4.40. The maximum absolute atomic E-state index is 13.3. The van der Waals surface area contributed by atoms with Crippen LogP contribution in [0.15, 0.2) is 89.9 Å². The Kier molecular flexibility index (Phi) is 5.08. The van der Waals surface area contributed by atoms with Crippen molar-refractivity contribution in [1.29, 1.82) is 0 Å². The number of para-hydroxylation sites is 1. The summed E-state index contributed by atoms with van der Waals surface area (Å²) in [6, 6.07) is 28.4. The zero-order chi connectivity index (χ0) is 23.1. The fraction of sp³-hybridized carbons (Fsp3) is 0.107. The molecule has 5 nitrogen and oxygen atoms in total. The van der Waals surface area contributed by atoms with Crippen molar-refractivity contribution in [2.75, 3.05) is 4.90 Å². The number of thiophene rings is 1. The van der Waals surface area contributed by atoms with Crippen LogP contribution in [-0.2, 0) is 13.1 Å². The summed E-state index contributed by atoms with van der Waals surface area (Å²) >= 11 is 1.50. The Balaban J connectivity index is 1.48. The number of aliphatic imine (C=N–C) groups is 1. The molecule has 1 aliphatic rings. The van der Waals surface area contributed by atoms with Crippen LogP contribution in [-0.4, -0.2) is 16.7 Å². The third-order valence-corrected chi connectivity index (χ3v) is 7.30. The van der Waals surface area contributed by atoms with Crippen LogP contribution < -0.4 is 10.2 Å². The Bertz CT molecular complexity index is 1560. The molecule has 3 aromatic carbocycles. The first kappa shape index (κ1) is 20.6. The van der Waals surface area contributed by atoms with Gasteiger partial charge in [0, 0.05) is 11.9 Å². The van der Waals surface area contributed by atoms with E-state index in [2.05, 4.69) is 28.4 Å². The van der Waals surface area contributed by atoms with E-state index in [1.807, 2.05) is 73.7 Å². The zero-order valence-electron chi connectivity index (χ0n) is 18.7. The summed E-state index contributed by atoms with van der Waals surface area (Å²) in [6.45, 7) is 3.13. The normalized spacial score (nSPS) is 12.7. The van der Waals surface area contributed by atoms with Gasteiger partial charge in [0.1, 0.15) is 22.2 Å². The highest BCUT2D eigenvalue weighted by molar-refractivity contribution is 7.22. The number of carbonyl (C=O) groups is 1. The van der Waals surface area contributed by atoms with Crippen LogP contribution in [0.4, 0.5) is 11.5 Å². The third kappa shape index (κ3) is 3.53. The minimum absolute atomic E-state index is 0.108. The monoisotopic (exact) mass is 462 g/mol. The van der Waals surface area contributed by atoms with E-state index in [-0.39, 0.29) is 5.91 Å². The smallest absolute Gasteiger partial charge is 0.263 e. The molecule has 3 heterocycles. The highest BCUT2D eigenvalue weighted by atomic mass is 32.1. The number of benzene rings is 3. The van der Waals surface area contributed by atoms with Gasteiger partial charge in [-0.15, -0.1) is 11.3 Å². The highest BCUT2D eigenvalue weighted by Crippen LogP contribution is 2.48. The molecule has 0 atom stereocenters. The molecule has 6 rings (SSSR count). The van der Waals surface area contributed by atoms with E-state index in [0.717, 1.165) is 43.9 Å². The second-order valence-corrected chi connectivity index (χ2v) is 9.36. The lowest BCUT2D eigenvalue weighted by Gasteiger charge is -2.28. The first-order valence-corrected chi connectivity index (χ1v) is 12.0. The van der Waals surface area contributed by atoms with E-state index in [1.165, 1.54) is 16.9 Å². The van der Waals surface area contributed by atoms with Crippen LogP contribution >= 0.6 is 11.3 Å². The van der Waals surface area contributed by atoms with Gasteiger partial charge in [0.05, 0.1) is 22.1 Å². The lowest BCUT2D eigenvalue weighted by molar-refractivity contribution is 0.0955. The van der Waals surface area contributed by atoms with E-state index in [4.69, 9.17) is 9.98 Å². The van der Waals surface area contributed by atoms with Gasteiger partial charge in [-0.25, -0.2) is 9.98 Å². The number of pyridine rings is 1. The van der Waals surface area contributed by atoms with Crippen LogP contribution in [0.1, 0.15) is 27.7 Å². The number of amidine groups is 1. The van der Waals surface area contributed by atoms with Crippen molar-refractivity contribution in [2.45, 2.75) is 20.0 Å². The molecule has 0 unspecified atom stereocenters. The van der Waals surface area contributed by atoms with Crippen molar-refractivity contribution in [2.24, 2.45) is 4.99 Å². The molecule has 0 saturated heterocycles. The van der Waals surface area contributed by atoms with E-state index >= 15 is 0 Å². The summed E-state index contributed by atoms with van der Waals surface area (Å²) in [5, 5.41) is 5.08. The number of amides is 1. The van der Waals surface area contributed by atoms with E-state index in [0.29, 0.717) is 18.0 Å². The molecule has 0 fully saturated rings. The Morgan fingerprint density at radius 2 is 1.59 bits per heavy atom. The standard InChI is InChI=1S/C28H22N4OS/c1-18-30-24-23-25(34-26(24)28(33)29-16-19-10-4-2-5-11-19)21-14-8-9-15-22(21)31-27(23)32(18)17-20-12-6-3-7-13-20/h2-15H,16-17H2,1H3,(H,29,33). The molecule has 166 valence electrons. The van der Waals surface area contributed by atoms with Crippen LogP contribution in [0.5, 0.6) is 0 Å². The average Bonchev–Trinajstić information content (AvgIpc) is 3.26. The molecule has 2 aromatic heterocycles. The van der Waals surface area contributed by atoms with Crippen molar-refractivity contribution in [3.63, 3.8) is 0 Å². The number of nitrogens with one attached hydrogen (secondary N) is 1. The predicted molar refractivity (Wildman–Crippen MR) is 140 cm³/mol. The second-order valence-electron chi connectivity index (χ2n) is 8.34. The molecule has 1 amide bonds. The van der Waals surface area contributed by atoms with Crippen LogP contribution in [0.25, 0.3) is 21.0 Å². The van der Waals surface area contributed by atoms with Gasteiger partial charge in [0.2, 0.25) is 0 Å². The van der Waals surface area contributed by atoms with Gasteiger partial charge >= 0.3 is 0 Å². The molecule has 0 bridgehead atoms. The summed E-state index contributed by atoms with van der Waals surface area (Å²) in [5.41, 5.74) is 3.88. The van der Waals surface area contributed by atoms with Crippen molar-refractivity contribution in [3.8, 4) is 0 Å². The molecule has 6 heteroatoms. The first-order valence-electron chi connectivity index (χ1n) is 11.2. The SMILES string of the molecule is CC1=Nc2c(C(=O)NCc3ccccc3)sc3c2c(nc2ccccc23)N1Cc1ccccc1. The summed E-state index contributed by atoms with van der Waals surface area (Å²) in [7, 11) is 0. The molecule has 0 radical (unpaired) electrons. The third-order valence-electron chi connectivity index (χ3n) is 6.09. The molecule has 5 aromatic rings. The number of aromatic nitrogens is 1. The fourth-order valence-corrected chi connectivity index (χ4v) is 5.58. The maximum Gasteiger partial charge on any atom is 0.263 e. The first-order chi connectivity index (χ1) is 16.7. The van der Waals surface area contributed by atoms with Gasteiger partial charge in [-0.3, -0.25) is 4.79 Å². The van der Waals surface area contributed by atoms with Crippen LogP contribution in [0, 0.1) is 0 Å². The minimum Gasteiger partial charge on any atom is -0.347 e. The number of hydrogen-bond donors (Lipinski definition) is 1. The van der Waals surface area contributed by atoms with Gasteiger partial charge in [-0.05, 0) is 24.1 Å². The minimum atomic E-state index is -0.108. The molecule has 0 aliphatic carbocycles. The molecular weight excluding hydrogens is 440 g/mol. The zero-order valence-corrected chi connectivity index (χ0v) is 19.5. The highest BCUT2D eigenvalue weighted by Gasteiger charge is 2.30. The number of hydrogen-bond acceptors (Lipinski definition) is 5. The number of carbonyl (C=O) groups excluding carboxylic acids is 1. The van der Waals surface area contributed by atoms with Crippen molar-refractivity contribution >= 4 is 55.6 Å². The number of anilines is 1. The summed E-state index contributed by atoms with van der Waals surface area (Å²) < 4.78 is 1.05. The van der Waals surface area contributed by atoms with Crippen molar-refractivity contribution < 1.29 is 4.79 Å². The average molecular weight is 463 g/mol. The Labute approximate surface area is 201 Å². The molecular formula is C28H22N4OS. The molecule has 0 saturated carbocycles. The van der Waals surface area contributed by atoms with E-state index in [9.17, 15) is 4.79 Å². The largest absolute Gasteiger partial charge is 0.347 e. The van der Waals surface area contributed by atoms with Gasteiger partial charge in [0.25, 0.3) is 5.91 Å². The van der Waals surface area contributed by atoms with Gasteiger partial charge in [-0.2, -0.15) is 0 Å². The lowest BCUT2D eigenvalue weighted by atomic mass is 10.1. The topological polar surface area (TPSA) is 57.6 Å². The van der Waals surface area contributed by atoms with Crippen LogP contribution in [0.2, 0.25) is 0 Å². The van der Waals surface area contributed by atoms with E-state index < -0.39 is 0 Å². The molecule has 0 spiro atoms. The van der Waals surface area contributed by atoms with Crippen molar-refractivity contribution in [3.05, 3.63) is 101 Å². The Morgan fingerprint density at radius 3 is 2.35 bits per heavy atom. The lowest BCUT2D eigenvalue weighted by Crippen LogP contribution is -2.31. The maximum atomic E-state index is 13.3. The number of rotatable bonds is 5. The quantitative estimate of drug-likeness (QED) is 0.327.